The maximum absolute atomic E-state index is 5.68. The van der Waals surface area contributed by atoms with Crippen molar-refractivity contribution < 1.29 is 0 Å². The first kappa shape index (κ1) is 13.5. The molecule has 3 nitrogen and oxygen atoms in total. The third-order valence-corrected chi connectivity index (χ3v) is 4.75. The zero-order chi connectivity index (χ0) is 14.9. The van der Waals surface area contributed by atoms with E-state index >= 15 is 0 Å². The van der Waals surface area contributed by atoms with E-state index in [1.807, 2.05) is 0 Å². The second kappa shape index (κ2) is 5.58. The van der Waals surface area contributed by atoms with Gasteiger partial charge in [-0.3, -0.25) is 0 Å². The Morgan fingerprint density at radius 3 is 2.41 bits per heavy atom. The van der Waals surface area contributed by atoms with Gasteiger partial charge >= 0.3 is 0 Å². The predicted molar refractivity (Wildman–Crippen MR) is 89.8 cm³/mol. The standard InChI is InChI=1S/C19H21N3/c20-12-14-8-10-15(11-9-14)13-22-18-7-2-1-6-17(18)21-19(22)16-4-3-5-16/h1-2,6-11,16H,3-5,12-13,20H2. The van der Waals surface area contributed by atoms with Crippen LogP contribution in [0.3, 0.4) is 0 Å². The van der Waals surface area contributed by atoms with E-state index in [2.05, 4.69) is 53.1 Å². The molecule has 0 unspecified atom stereocenters. The van der Waals surface area contributed by atoms with E-state index in [4.69, 9.17) is 10.7 Å². The van der Waals surface area contributed by atoms with E-state index in [0.717, 1.165) is 12.1 Å². The number of imidazole rings is 1. The highest BCUT2D eigenvalue weighted by molar-refractivity contribution is 5.76. The molecule has 2 aromatic carbocycles. The molecule has 2 N–H and O–H groups in total. The van der Waals surface area contributed by atoms with E-state index < -0.39 is 0 Å². The molecule has 112 valence electrons. The fraction of sp³-hybridized carbons (Fsp3) is 0.316. The molecule has 22 heavy (non-hydrogen) atoms. The fourth-order valence-corrected chi connectivity index (χ4v) is 3.20. The summed E-state index contributed by atoms with van der Waals surface area (Å²) in [4.78, 5) is 4.91. The number of benzene rings is 2. The first-order valence-corrected chi connectivity index (χ1v) is 8.08. The molecule has 3 aromatic rings. The summed E-state index contributed by atoms with van der Waals surface area (Å²) < 4.78 is 2.40. The maximum atomic E-state index is 5.68. The monoisotopic (exact) mass is 291 g/mol. The highest BCUT2D eigenvalue weighted by Crippen LogP contribution is 2.37. The van der Waals surface area contributed by atoms with Gasteiger partial charge in [-0.25, -0.2) is 4.98 Å². The fourth-order valence-electron chi connectivity index (χ4n) is 3.20. The van der Waals surface area contributed by atoms with Crippen molar-refractivity contribution in [3.63, 3.8) is 0 Å². The molecule has 1 aromatic heterocycles. The maximum Gasteiger partial charge on any atom is 0.113 e. The largest absolute Gasteiger partial charge is 0.326 e. The van der Waals surface area contributed by atoms with E-state index in [1.54, 1.807) is 0 Å². The lowest BCUT2D eigenvalue weighted by Gasteiger charge is -2.25. The summed E-state index contributed by atoms with van der Waals surface area (Å²) in [6.07, 6.45) is 3.88. The third kappa shape index (κ3) is 2.32. The van der Waals surface area contributed by atoms with Crippen molar-refractivity contribution in [2.75, 3.05) is 0 Å². The molecule has 1 fully saturated rings. The Hall–Kier alpha value is -2.13. The third-order valence-electron chi connectivity index (χ3n) is 4.75. The summed E-state index contributed by atoms with van der Waals surface area (Å²) in [5.41, 5.74) is 10.5. The first-order chi connectivity index (χ1) is 10.8. The molecule has 3 heteroatoms. The van der Waals surface area contributed by atoms with Gasteiger partial charge in [-0.05, 0) is 36.1 Å². The molecule has 1 heterocycles. The van der Waals surface area contributed by atoms with E-state index in [1.165, 1.54) is 41.7 Å². The highest BCUT2D eigenvalue weighted by atomic mass is 15.1. The molecule has 1 aliphatic carbocycles. The lowest BCUT2D eigenvalue weighted by Crippen LogP contribution is -2.16. The molecule has 0 aliphatic heterocycles. The summed E-state index contributed by atoms with van der Waals surface area (Å²) in [5, 5.41) is 0. The molecule has 0 bridgehead atoms. The molecule has 0 radical (unpaired) electrons. The molecule has 0 saturated heterocycles. The van der Waals surface area contributed by atoms with Crippen molar-refractivity contribution in [3.05, 3.63) is 65.5 Å². The second-order valence-corrected chi connectivity index (χ2v) is 6.19. The van der Waals surface area contributed by atoms with E-state index in [9.17, 15) is 0 Å². The van der Waals surface area contributed by atoms with Crippen LogP contribution < -0.4 is 5.73 Å². The number of hydrogen-bond donors (Lipinski definition) is 1. The molecular weight excluding hydrogens is 270 g/mol. The first-order valence-electron chi connectivity index (χ1n) is 8.08. The molecule has 4 rings (SSSR count). The van der Waals surface area contributed by atoms with Crippen LogP contribution in [0.2, 0.25) is 0 Å². The lowest BCUT2D eigenvalue weighted by atomic mass is 9.85. The van der Waals surface area contributed by atoms with Crippen LogP contribution in [0.5, 0.6) is 0 Å². The minimum Gasteiger partial charge on any atom is -0.326 e. The number of fused-ring (bicyclic) bond motifs is 1. The summed E-state index contributed by atoms with van der Waals surface area (Å²) in [5.74, 6) is 1.89. The molecule has 0 spiro atoms. The van der Waals surface area contributed by atoms with Crippen LogP contribution in [-0.2, 0) is 13.1 Å². The van der Waals surface area contributed by atoms with Crippen LogP contribution in [-0.4, -0.2) is 9.55 Å². The summed E-state index contributed by atoms with van der Waals surface area (Å²) in [7, 11) is 0. The van der Waals surface area contributed by atoms with Gasteiger partial charge < -0.3 is 10.3 Å². The average molecular weight is 291 g/mol. The minimum absolute atomic E-state index is 0.599. The smallest absolute Gasteiger partial charge is 0.113 e. The second-order valence-electron chi connectivity index (χ2n) is 6.19. The van der Waals surface area contributed by atoms with E-state index in [-0.39, 0.29) is 0 Å². The van der Waals surface area contributed by atoms with Gasteiger partial charge in [-0.2, -0.15) is 0 Å². The van der Waals surface area contributed by atoms with Crippen molar-refractivity contribution in [1.82, 2.24) is 9.55 Å². The molecule has 0 amide bonds. The van der Waals surface area contributed by atoms with Crippen LogP contribution in [0.1, 0.15) is 42.1 Å². The van der Waals surface area contributed by atoms with Crippen LogP contribution in [0.15, 0.2) is 48.5 Å². The molecular formula is C19H21N3. The molecule has 1 saturated carbocycles. The van der Waals surface area contributed by atoms with Gasteiger partial charge in [0, 0.05) is 19.0 Å². The number of nitrogens with zero attached hydrogens (tertiary/aromatic N) is 2. The quantitative estimate of drug-likeness (QED) is 0.794. The Morgan fingerprint density at radius 2 is 1.73 bits per heavy atom. The Kier molecular flexibility index (Phi) is 3.43. The zero-order valence-corrected chi connectivity index (χ0v) is 12.7. The molecule has 1 aliphatic rings. The summed E-state index contributed by atoms with van der Waals surface area (Å²) in [6, 6.07) is 17.1. The van der Waals surface area contributed by atoms with Gasteiger partial charge in [0.25, 0.3) is 0 Å². The Balaban J connectivity index is 1.74. The van der Waals surface area contributed by atoms with Gasteiger partial charge in [0.2, 0.25) is 0 Å². The SMILES string of the molecule is NCc1ccc(Cn2c(C3CCC3)nc3ccccc32)cc1. The van der Waals surface area contributed by atoms with Crippen molar-refractivity contribution in [1.29, 1.82) is 0 Å². The van der Waals surface area contributed by atoms with E-state index in [0.29, 0.717) is 12.5 Å². The van der Waals surface area contributed by atoms with Crippen molar-refractivity contribution >= 4 is 11.0 Å². The zero-order valence-electron chi connectivity index (χ0n) is 12.7. The lowest BCUT2D eigenvalue weighted by molar-refractivity contribution is 0.392. The van der Waals surface area contributed by atoms with Crippen molar-refractivity contribution in [2.45, 2.75) is 38.3 Å². The van der Waals surface area contributed by atoms with Crippen LogP contribution in [0, 0.1) is 0 Å². The Labute approximate surface area is 130 Å². The number of para-hydroxylation sites is 2. The Morgan fingerprint density at radius 1 is 1.00 bits per heavy atom. The normalized spacial score (nSPS) is 15.1. The summed E-state index contributed by atoms with van der Waals surface area (Å²) >= 11 is 0. The van der Waals surface area contributed by atoms with Gasteiger partial charge in [0.1, 0.15) is 5.82 Å². The summed E-state index contributed by atoms with van der Waals surface area (Å²) in [6.45, 7) is 1.48. The minimum atomic E-state index is 0.599. The highest BCUT2D eigenvalue weighted by Gasteiger charge is 2.25. The number of nitrogens with two attached hydrogens (primary N) is 1. The number of rotatable bonds is 4. The van der Waals surface area contributed by atoms with Crippen LogP contribution >= 0.6 is 0 Å². The topological polar surface area (TPSA) is 43.8 Å². The van der Waals surface area contributed by atoms with Gasteiger partial charge in [0.05, 0.1) is 11.0 Å². The number of hydrogen-bond acceptors (Lipinski definition) is 2. The van der Waals surface area contributed by atoms with Gasteiger partial charge in [0.15, 0.2) is 0 Å². The van der Waals surface area contributed by atoms with Crippen LogP contribution in [0.4, 0.5) is 0 Å². The van der Waals surface area contributed by atoms with Crippen LogP contribution in [0.25, 0.3) is 11.0 Å². The average Bonchev–Trinajstić information content (AvgIpc) is 2.85. The molecule has 0 atom stereocenters. The Bertz CT molecular complexity index is 782. The van der Waals surface area contributed by atoms with Gasteiger partial charge in [-0.1, -0.05) is 42.8 Å². The predicted octanol–water partition coefficient (Wildman–Crippen LogP) is 3.81. The van der Waals surface area contributed by atoms with Gasteiger partial charge in [-0.15, -0.1) is 0 Å². The van der Waals surface area contributed by atoms with Crippen molar-refractivity contribution in [3.8, 4) is 0 Å². The number of aromatic nitrogens is 2. The van der Waals surface area contributed by atoms with Crippen molar-refractivity contribution in [2.24, 2.45) is 5.73 Å².